The summed E-state index contributed by atoms with van der Waals surface area (Å²) in [5.41, 5.74) is -2.12. The second-order valence-corrected chi connectivity index (χ2v) is 4.74. The van der Waals surface area contributed by atoms with Gasteiger partial charge in [-0.15, -0.1) is 0 Å². The summed E-state index contributed by atoms with van der Waals surface area (Å²) in [6, 6.07) is 8.50. The first kappa shape index (κ1) is 15.2. The molecule has 0 radical (unpaired) electrons. The Balaban J connectivity index is 2.03. The third kappa shape index (κ3) is 2.77. The van der Waals surface area contributed by atoms with Gasteiger partial charge in [0.05, 0.1) is 10.5 Å². The van der Waals surface area contributed by atoms with Gasteiger partial charge in [-0.3, -0.25) is 14.9 Å². The number of hydrogen-bond acceptors (Lipinski definition) is 7. The number of nitrogens with zero attached hydrogens (tertiary/aromatic N) is 2. The van der Waals surface area contributed by atoms with Gasteiger partial charge >= 0.3 is 16.9 Å². The number of nitrogens with one attached hydrogen (secondary N) is 1. The number of nitro groups is 1. The molecular formula is C15H9N3O6. The van der Waals surface area contributed by atoms with Crippen molar-refractivity contribution in [3.63, 3.8) is 0 Å². The van der Waals surface area contributed by atoms with Gasteiger partial charge in [-0.2, -0.15) is 4.98 Å². The van der Waals surface area contributed by atoms with E-state index >= 15 is 0 Å². The molecule has 1 aromatic carbocycles. The maximum atomic E-state index is 11.9. The van der Waals surface area contributed by atoms with E-state index in [0.717, 1.165) is 0 Å². The molecule has 2 heterocycles. The Labute approximate surface area is 132 Å². The van der Waals surface area contributed by atoms with Crippen LogP contribution in [0, 0.1) is 10.1 Å². The van der Waals surface area contributed by atoms with E-state index in [1.807, 2.05) is 0 Å². The van der Waals surface area contributed by atoms with Crippen molar-refractivity contribution in [2.45, 2.75) is 0 Å². The van der Waals surface area contributed by atoms with Crippen molar-refractivity contribution in [1.82, 2.24) is 9.97 Å². The van der Waals surface area contributed by atoms with Crippen LogP contribution in [0.5, 0.6) is 5.88 Å². The van der Waals surface area contributed by atoms with Crippen molar-refractivity contribution < 1.29 is 14.4 Å². The fourth-order valence-electron chi connectivity index (χ4n) is 2.08. The topological polar surface area (TPSA) is 139 Å². The van der Waals surface area contributed by atoms with Crippen molar-refractivity contribution in [2.24, 2.45) is 0 Å². The smallest absolute Gasteiger partial charge is 0.395 e. The fraction of sp³-hybridized carbons (Fsp3) is 0. The minimum atomic E-state index is -1.10. The third-order valence-corrected chi connectivity index (χ3v) is 3.17. The van der Waals surface area contributed by atoms with Crippen molar-refractivity contribution >= 4 is 28.8 Å². The number of aromatic amines is 1. The zero-order valence-corrected chi connectivity index (χ0v) is 11.9. The van der Waals surface area contributed by atoms with E-state index in [0.29, 0.717) is 11.0 Å². The molecule has 0 aliphatic carbocycles. The monoisotopic (exact) mass is 327 g/mol. The van der Waals surface area contributed by atoms with Crippen LogP contribution in [0.3, 0.4) is 0 Å². The number of aromatic nitrogens is 2. The summed E-state index contributed by atoms with van der Waals surface area (Å²) in [4.78, 5) is 38.6. The Bertz CT molecular complexity index is 1100. The molecule has 0 aliphatic heterocycles. The molecule has 2 aromatic heterocycles. The quantitative estimate of drug-likeness (QED) is 0.423. The highest BCUT2D eigenvalue weighted by molar-refractivity contribution is 5.80. The van der Waals surface area contributed by atoms with Crippen molar-refractivity contribution in [3.8, 4) is 5.88 Å². The first-order valence-electron chi connectivity index (χ1n) is 6.64. The average Bonchev–Trinajstić information content (AvgIpc) is 2.51. The van der Waals surface area contributed by atoms with Gasteiger partial charge in [-0.05, 0) is 24.3 Å². The second kappa shape index (κ2) is 5.80. The van der Waals surface area contributed by atoms with Gasteiger partial charge < -0.3 is 14.5 Å². The normalized spacial score (nSPS) is 11.2. The van der Waals surface area contributed by atoms with Crippen LogP contribution >= 0.6 is 0 Å². The summed E-state index contributed by atoms with van der Waals surface area (Å²) in [6.45, 7) is 0. The number of hydrogen-bond donors (Lipinski definition) is 2. The van der Waals surface area contributed by atoms with E-state index in [1.165, 1.54) is 12.2 Å². The Hall–Kier alpha value is -3.75. The second-order valence-electron chi connectivity index (χ2n) is 4.74. The van der Waals surface area contributed by atoms with E-state index in [4.69, 9.17) is 4.42 Å². The lowest BCUT2D eigenvalue weighted by molar-refractivity contribution is -0.387. The molecular weight excluding hydrogens is 318 g/mol. The van der Waals surface area contributed by atoms with Crippen LogP contribution < -0.4 is 11.2 Å². The standard InChI is InChI=1S/C15H9N3O6/c19-13-12(18(22)23)14(20)17-11(16-13)6-5-9-7-8-3-1-2-4-10(8)24-15(9)21/h1-7H,(H2,16,17,19,20)/b6-5-. The lowest BCUT2D eigenvalue weighted by Gasteiger charge is -1.98. The predicted octanol–water partition coefficient (Wildman–Crippen LogP) is 1.66. The molecule has 9 nitrogen and oxygen atoms in total. The molecule has 24 heavy (non-hydrogen) atoms. The van der Waals surface area contributed by atoms with Crippen LogP contribution in [-0.2, 0) is 0 Å². The summed E-state index contributed by atoms with van der Waals surface area (Å²) >= 11 is 0. The molecule has 3 rings (SSSR count). The minimum Gasteiger partial charge on any atom is -0.488 e. The van der Waals surface area contributed by atoms with Gasteiger partial charge in [0, 0.05) is 5.39 Å². The molecule has 0 atom stereocenters. The number of para-hydroxylation sites is 1. The van der Waals surface area contributed by atoms with Gasteiger partial charge in [-0.25, -0.2) is 4.79 Å². The highest BCUT2D eigenvalue weighted by atomic mass is 16.6. The van der Waals surface area contributed by atoms with Crippen LogP contribution in [0.25, 0.3) is 23.1 Å². The van der Waals surface area contributed by atoms with Gasteiger partial charge in [-0.1, -0.05) is 18.2 Å². The molecule has 0 bridgehead atoms. The van der Waals surface area contributed by atoms with E-state index in [2.05, 4.69) is 9.97 Å². The fourth-order valence-corrected chi connectivity index (χ4v) is 2.08. The van der Waals surface area contributed by atoms with Crippen molar-refractivity contribution in [1.29, 1.82) is 0 Å². The summed E-state index contributed by atoms with van der Waals surface area (Å²) in [5, 5.41) is 20.8. The molecule has 0 saturated carbocycles. The molecule has 0 saturated heterocycles. The zero-order chi connectivity index (χ0) is 17.3. The van der Waals surface area contributed by atoms with Crippen LogP contribution in [0.4, 0.5) is 5.69 Å². The third-order valence-electron chi connectivity index (χ3n) is 3.17. The molecule has 9 heteroatoms. The minimum absolute atomic E-state index is 0.143. The Morgan fingerprint density at radius 2 is 2.00 bits per heavy atom. The number of benzene rings is 1. The Kier molecular flexibility index (Phi) is 3.66. The molecule has 0 amide bonds. The average molecular weight is 327 g/mol. The number of fused-ring (bicyclic) bond motifs is 1. The van der Waals surface area contributed by atoms with Crippen LogP contribution in [0.2, 0.25) is 0 Å². The number of rotatable bonds is 3. The largest absolute Gasteiger partial charge is 0.488 e. The molecule has 0 unspecified atom stereocenters. The summed E-state index contributed by atoms with van der Waals surface area (Å²) < 4.78 is 5.14. The summed E-state index contributed by atoms with van der Waals surface area (Å²) in [7, 11) is 0. The maximum Gasteiger partial charge on any atom is 0.395 e. The SMILES string of the molecule is O=c1[nH]c(/C=C\c2cc3ccccc3oc2=O)nc(O)c1[N+](=O)[O-]. The first-order valence-corrected chi connectivity index (χ1v) is 6.64. The van der Waals surface area contributed by atoms with Crippen LogP contribution in [-0.4, -0.2) is 20.0 Å². The summed E-state index contributed by atoms with van der Waals surface area (Å²) in [5.74, 6) is -1.15. The zero-order valence-electron chi connectivity index (χ0n) is 11.9. The number of H-pyrrole nitrogens is 1. The maximum absolute atomic E-state index is 11.9. The van der Waals surface area contributed by atoms with E-state index < -0.39 is 27.7 Å². The van der Waals surface area contributed by atoms with Gasteiger partial charge in [0.1, 0.15) is 11.4 Å². The first-order chi connectivity index (χ1) is 11.5. The Morgan fingerprint density at radius 1 is 1.25 bits per heavy atom. The molecule has 2 N–H and O–H groups in total. The van der Waals surface area contributed by atoms with Gasteiger partial charge in [0.2, 0.25) is 0 Å². The van der Waals surface area contributed by atoms with Gasteiger partial charge in [0.15, 0.2) is 0 Å². The molecule has 0 aliphatic rings. The lowest BCUT2D eigenvalue weighted by atomic mass is 10.2. The molecule has 120 valence electrons. The molecule has 3 aromatic rings. The van der Waals surface area contributed by atoms with Crippen molar-refractivity contribution in [2.75, 3.05) is 0 Å². The van der Waals surface area contributed by atoms with E-state index in [1.54, 1.807) is 30.3 Å². The predicted molar refractivity (Wildman–Crippen MR) is 84.6 cm³/mol. The van der Waals surface area contributed by atoms with E-state index in [-0.39, 0.29) is 11.4 Å². The van der Waals surface area contributed by atoms with Crippen LogP contribution in [0.1, 0.15) is 11.4 Å². The van der Waals surface area contributed by atoms with Crippen molar-refractivity contribution in [3.05, 3.63) is 72.6 Å². The highest BCUT2D eigenvalue weighted by Crippen LogP contribution is 2.18. The molecule has 0 fully saturated rings. The van der Waals surface area contributed by atoms with E-state index in [9.17, 15) is 24.8 Å². The summed E-state index contributed by atoms with van der Waals surface area (Å²) in [6.07, 6.45) is 2.55. The molecule has 0 spiro atoms. The van der Waals surface area contributed by atoms with Gasteiger partial charge in [0.25, 0.3) is 5.88 Å². The number of aromatic hydroxyl groups is 1. The highest BCUT2D eigenvalue weighted by Gasteiger charge is 2.21. The van der Waals surface area contributed by atoms with Crippen LogP contribution in [0.15, 0.2) is 44.3 Å². The lowest BCUT2D eigenvalue weighted by Crippen LogP contribution is -2.14. The Morgan fingerprint density at radius 3 is 2.71 bits per heavy atom.